The molecule has 18 heteroatoms. The van der Waals surface area contributed by atoms with Crippen LogP contribution in [0, 0.1) is 47.4 Å². The Hall–Kier alpha value is -7.22. The van der Waals surface area contributed by atoms with Crippen molar-refractivity contribution in [3.8, 4) is 35.2 Å². The number of phenols is 2. The first-order chi connectivity index (χ1) is 31.0. The number of aliphatic hydroxyl groups excluding tert-OH is 4. The second-order valence-electron chi connectivity index (χ2n) is 18.0. The SMILES string of the molecule is CN(C)C1C(=O)C(C(N)=O)=C(O)C2(O)C(=O)C3=C(O)c4c(O)ccc(C#CCCC#Cc5ccc(O)c6c5CC5CC7C(N(C)C)C(=O)C(C(N)=O)=C(O)C7(O)C(=O)C5=C6O)c4CC3CC12. The third kappa shape index (κ3) is 6.28. The van der Waals surface area contributed by atoms with Crippen LogP contribution in [0.2, 0.25) is 0 Å². The van der Waals surface area contributed by atoms with E-state index in [1.165, 1.54) is 50.1 Å². The minimum absolute atomic E-state index is 0.0483. The molecule has 2 aromatic rings. The van der Waals surface area contributed by atoms with Crippen LogP contribution in [0.25, 0.3) is 11.5 Å². The molecule has 0 aromatic heterocycles. The summed E-state index contributed by atoms with van der Waals surface area (Å²) in [7, 11) is 6.05. The average molecular weight is 903 g/mol. The third-order valence-electron chi connectivity index (χ3n) is 14.0. The molecule has 18 nitrogen and oxygen atoms in total. The lowest BCUT2D eigenvalue weighted by Crippen LogP contribution is -2.65. The number of rotatable bonds is 5. The minimum atomic E-state index is -2.77. The van der Waals surface area contributed by atoms with Gasteiger partial charge in [-0.05, 0) is 101 Å². The molecule has 342 valence electrons. The summed E-state index contributed by atoms with van der Waals surface area (Å²) in [6.45, 7) is 0. The first-order valence-electron chi connectivity index (χ1n) is 21.0. The minimum Gasteiger partial charge on any atom is -0.508 e. The number of aromatic hydroxyl groups is 2. The quantitative estimate of drug-likeness (QED) is 0.110. The van der Waals surface area contributed by atoms with Gasteiger partial charge in [0.05, 0.1) is 23.2 Å². The van der Waals surface area contributed by atoms with Gasteiger partial charge in [0.15, 0.2) is 22.8 Å². The first kappa shape index (κ1) is 45.4. The highest BCUT2D eigenvalue weighted by Gasteiger charge is 2.66. The van der Waals surface area contributed by atoms with Crippen molar-refractivity contribution in [2.24, 2.45) is 35.1 Å². The van der Waals surface area contributed by atoms with Crippen molar-refractivity contribution in [3.05, 3.63) is 91.5 Å². The van der Waals surface area contributed by atoms with Gasteiger partial charge < -0.3 is 52.3 Å². The molecule has 2 amide bonds. The van der Waals surface area contributed by atoms with Crippen LogP contribution in [0.1, 0.15) is 59.1 Å². The number of amides is 2. The molecule has 8 rings (SSSR count). The average Bonchev–Trinajstić information content (AvgIpc) is 3.22. The first-order valence-corrected chi connectivity index (χ1v) is 21.0. The summed E-state index contributed by atoms with van der Waals surface area (Å²) in [5, 5.41) is 90.8. The van der Waals surface area contributed by atoms with Crippen molar-refractivity contribution in [2.45, 2.75) is 61.8 Å². The van der Waals surface area contributed by atoms with E-state index in [1.807, 2.05) is 0 Å². The Labute approximate surface area is 376 Å². The fourth-order valence-corrected chi connectivity index (χ4v) is 11.2. The number of benzene rings is 2. The van der Waals surface area contributed by atoms with Gasteiger partial charge in [-0.15, -0.1) is 0 Å². The molecule has 2 saturated carbocycles. The van der Waals surface area contributed by atoms with Crippen LogP contribution in [0.5, 0.6) is 11.5 Å². The molecule has 0 aliphatic heterocycles. The van der Waals surface area contributed by atoms with Crippen LogP contribution < -0.4 is 11.5 Å². The molecule has 0 radical (unpaired) electrons. The van der Waals surface area contributed by atoms with Gasteiger partial charge in [-0.3, -0.25) is 38.6 Å². The predicted molar refractivity (Wildman–Crippen MR) is 231 cm³/mol. The van der Waals surface area contributed by atoms with Crippen LogP contribution in [0.3, 0.4) is 0 Å². The summed E-state index contributed by atoms with van der Waals surface area (Å²) in [5.41, 5.74) is 4.28. The molecule has 0 bridgehead atoms. The third-order valence-corrected chi connectivity index (χ3v) is 14.0. The van der Waals surface area contributed by atoms with Gasteiger partial charge in [-0.2, -0.15) is 0 Å². The number of nitrogens with two attached hydrogens (primary N) is 2. The Morgan fingerprint density at radius 1 is 0.621 bits per heavy atom. The molecule has 6 aliphatic carbocycles. The van der Waals surface area contributed by atoms with Crippen molar-refractivity contribution in [3.63, 3.8) is 0 Å². The monoisotopic (exact) mass is 902 g/mol. The van der Waals surface area contributed by atoms with E-state index < -0.39 is 116 Å². The molecule has 6 aliphatic rings. The Balaban J connectivity index is 1.07. The Bertz CT molecular complexity index is 2720. The number of hydrogen-bond acceptors (Lipinski definition) is 16. The molecule has 2 fully saturated rings. The molecule has 8 unspecified atom stereocenters. The summed E-state index contributed by atoms with van der Waals surface area (Å²) < 4.78 is 0. The number of nitrogens with zero attached hydrogens (tertiary/aromatic N) is 2. The number of hydrogen-bond donors (Lipinski definition) is 10. The lowest BCUT2D eigenvalue weighted by molar-refractivity contribution is -0.155. The van der Waals surface area contributed by atoms with Crippen molar-refractivity contribution >= 4 is 46.5 Å². The molecular formula is C48H46N4O14. The highest BCUT2D eigenvalue weighted by molar-refractivity contribution is 6.25. The standard InChI is InChI=1S/C48H46N4O14/c1-51(2)35-25-17-21-15-23-19(11-13-27(53)31(23)37(55)29(21)41(59)47(25,65)43(61)33(39(35)57)45(49)63)9-7-5-6-8-10-20-12-14-28(54)32-24(20)16-22-18-26-36(52(3)4)40(58)34(46(50)64)44(62)48(26,66)42(60)30(22)38(32)56/h11-14,21-22,25-26,35-36,53-56,61-62,65-66H,5-6,15-18H2,1-4H3,(H2,49,63)(H2,50,64). The molecule has 0 spiro atoms. The van der Waals surface area contributed by atoms with Crippen molar-refractivity contribution in [1.29, 1.82) is 0 Å². The van der Waals surface area contributed by atoms with Crippen LogP contribution in [-0.2, 0) is 41.6 Å². The number of phenolic OH excluding ortho intramolecular Hbond substituents is 2. The van der Waals surface area contributed by atoms with Gasteiger partial charge in [0, 0.05) is 47.0 Å². The maximum Gasteiger partial charge on any atom is 0.255 e. The highest BCUT2D eigenvalue weighted by atomic mass is 16.4. The highest BCUT2D eigenvalue weighted by Crippen LogP contribution is 2.55. The van der Waals surface area contributed by atoms with Crippen molar-refractivity contribution in [2.75, 3.05) is 28.2 Å². The Morgan fingerprint density at radius 3 is 1.29 bits per heavy atom. The number of ketones is 4. The van der Waals surface area contributed by atoms with Gasteiger partial charge in [0.25, 0.3) is 11.8 Å². The van der Waals surface area contributed by atoms with Gasteiger partial charge in [-0.1, -0.05) is 23.7 Å². The van der Waals surface area contributed by atoms with Crippen molar-refractivity contribution in [1.82, 2.24) is 9.80 Å². The van der Waals surface area contributed by atoms with E-state index in [2.05, 4.69) is 23.7 Å². The molecule has 0 heterocycles. The maximum atomic E-state index is 14.1. The summed E-state index contributed by atoms with van der Waals surface area (Å²) in [4.78, 5) is 82.5. The Kier molecular flexibility index (Phi) is 10.8. The van der Waals surface area contributed by atoms with Gasteiger partial charge in [-0.25, -0.2) is 0 Å². The second kappa shape index (κ2) is 15.7. The van der Waals surface area contributed by atoms with E-state index in [4.69, 9.17) is 11.5 Å². The molecular weight excluding hydrogens is 857 g/mol. The zero-order valence-corrected chi connectivity index (χ0v) is 36.1. The summed E-state index contributed by atoms with van der Waals surface area (Å²) in [5.74, 6) is -2.99. The number of unbranched alkanes of at least 4 members (excludes halogenated alkanes) is 1. The fraction of sp³-hybridized carbons (Fsp3) is 0.375. The molecule has 66 heavy (non-hydrogen) atoms. The normalized spacial score (nSPS) is 29.0. The van der Waals surface area contributed by atoms with E-state index >= 15 is 0 Å². The number of fused-ring (bicyclic) bond motifs is 6. The van der Waals surface area contributed by atoms with Gasteiger partial charge in [0.2, 0.25) is 11.6 Å². The number of carbonyl (C=O) groups excluding carboxylic acids is 6. The van der Waals surface area contributed by atoms with Crippen LogP contribution >= 0.6 is 0 Å². The largest absolute Gasteiger partial charge is 0.508 e. The van der Waals surface area contributed by atoms with E-state index in [1.54, 1.807) is 12.1 Å². The second-order valence-corrected chi connectivity index (χ2v) is 18.0. The zero-order valence-electron chi connectivity index (χ0n) is 36.1. The molecule has 12 N–H and O–H groups in total. The van der Waals surface area contributed by atoms with Gasteiger partial charge in [0.1, 0.15) is 45.7 Å². The number of Topliss-reactive ketones (excluding diaryl/α,β-unsaturated/α-hetero) is 4. The maximum absolute atomic E-state index is 14.1. The summed E-state index contributed by atoms with van der Waals surface area (Å²) >= 11 is 0. The fourth-order valence-electron chi connectivity index (χ4n) is 11.2. The van der Waals surface area contributed by atoms with E-state index in [0.717, 1.165) is 0 Å². The van der Waals surface area contributed by atoms with Crippen LogP contribution in [0.4, 0.5) is 0 Å². The summed E-state index contributed by atoms with van der Waals surface area (Å²) in [6.07, 6.45) is 0.345. The summed E-state index contributed by atoms with van der Waals surface area (Å²) in [6, 6.07) is 3.18. The number of likely N-dealkylation sites (N-methyl/N-ethyl adjacent to an activating group) is 2. The number of primary amides is 2. The topological polar surface area (TPSA) is 323 Å². The molecule has 0 saturated heterocycles. The van der Waals surface area contributed by atoms with E-state index in [9.17, 15) is 69.6 Å². The van der Waals surface area contributed by atoms with Crippen LogP contribution in [-0.4, -0.2) is 137 Å². The lowest BCUT2D eigenvalue weighted by atomic mass is 9.57. The van der Waals surface area contributed by atoms with Gasteiger partial charge >= 0.3 is 0 Å². The predicted octanol–water partition coefficient (Wildman–Crippen LogP) is 0.425. The Morgan fingerprint density at radius 2 is 0.970 bits per heavy atom. The molecule has 8 atom stereocenters. The van der Waals surface area contributed by atoms with E-state index in [0.29, 0.717) is 22.3 Å². The van der Waals surface area contributed by atoms with E-state index in [-0.39, 0.29) is 72.3 Å². The zero-order chi connectivity index (χ0) is 48.2. The van der Waals surface area contributed by atoms with Crippen LogP contribution in [0.15, 0.2) is 58.1 Å². The number of aliphatic hydroxyl groups is 6. The van der Waals surface area contributed by atoms with Crippen molar-refractivity contribution < 1.29 is 69.6 Å². The lowest BCUT2D eigenvalue weighted by Gasteiger charge is -2.50. The molecule has 2 aromatic carbocycles. The smallest absolute Gasteiger partial charge is 0.255 e. The number of carbonyl (C=O) groups is 6.